The average molecular weight is 332 g/mol. The maximum absolute atomic E-state index is 12.9. The molecule has 0 fully saturated rings. The van der Waals surface area contributed by atoms with Crippen LogP contribution in [0, 0.1) is 11.6 Å². The number of carbonyl (C=O) groups excluding carboxylic acids is 2. The van der Waals surface area contributed by atoms with Crippen LogP contribution in [0.25, 0.3) is 0 Å². The van der Waals surface area contributed by atoms with Crippen LogP contribution < -0.4 is 0 Å². The molecule has 2 aromatic carbocycles. The standard InChI is InChI=1S/C16H10F2N2O4/c17-11-5-1-9(2-6-11)15(21)13(19-23)14(20-24)16(22)10-3-7-12(18)8-4-10/h1-8,23-24H/b19-13-,20-14+. The van der Waals surface area contributed by atoms with E-state index in [1.165, 1.54) is 0 Å². The molecule has 0 aliphatic carbocycles. The van der Waals surface area contributed by atoms with Gasteiger partial charge in [0.25, 0.3) is 0 Å². The molecular formula is C16H10F2N2O4. The Kier molecular flexibility index (Phi) is 5.10. The number of carbonyl (C=O) groups is 2. The van der Waals surface area contributed by atoms with E-state index in [4.69, 9.17) is 10.4 Å². The number of Topliss-reactive ketones (excluding diaryl/α,β-unsaturated/α-hetero) is 2. The van der Waals surface area contributed by atoms with Gasteiger partial charge in [-0.05, 0) is 48.5 Å². The summed E-state index contributed by atoms with van der Waals surface area (Å²) in [5.74, 6) is -3.10. The normalized spacial score (nSPS) is 12.1. The molecule has 8 heteroatoms. The van der Waals surface area contributed by atoms with Crippen LogP contribution in [-0.4, -0.2) is 33.4 Å². The van der Waals surface area contributed by atoms with Gasteiger partial charge < -0.3 is 10.4 Å². The minimum atomic E-state index is -0.958. The highest BCUT2D eigenvalue weighted by atomic mass is 19.1. The summed E-state index contributed by atoms with van der Waals surface area (Å²) in [4.78, 5) is 24.5. The van der Waals surface area contributed by atoms with Gasteiger partial charge in [-0.3, -0.25) is 9.59 Å². The highest BCUT2D eigenvalue weighted by Crippen LogP contribution is 2.10. The molecule has 2 aromatic rings. The molecule has 0 saturated heterocycles. The SMILES string of the molecule is O=C(C(=N\O)/C(=N\O)C(=O)c1ccc(F)cc1)c1ccc(F)cc1. The number of hydrogen-bond acceptors (Lipinski definition) is 6. The molecule has 0 saturated carbocycles. The van der Waals surface area contributed by atoms with Crippen molar-refractivity contribution in [2.24, 2.45) is 10.3 Å². The number of benzene rings is 2. The molecule has 2 rings (SSSR count). The van der Waals surface area contributed by atoms with Gasteiger partial charge in [-0.15, -0.1) is 0 Å². The van der Waals surface area contributed by atoms with Crippen LogP contribution in [-0.2, 0) is 0 Å². The van der Waals surface area contributed by atoms with Crippen LogP contribution >= 0.6 is 0 Å². The fourth-order valence-corrected chi connectivity index (χ4v) is 1.88. The Bertz CT molecular complexity index is 757. The first-order chi connectivity index (χ1) is 11.5. The Balaban J connectivity index is 2.36. The first-order valence-electron chi connectivity index (χ1n) is 6.53. The lowest BCUT2D eigenvalue weighted by atomic mass is 9.97. The third-order valence-corrected chi connectivity index (χ3v) is 3.07. The molecule has 0 aliphatic heterocycles. The highest BCUT2D eigenvalue weighted by molar-refractivity contribution is 6.84. The van der Waals surface area contributed by atoms with Crippen molar-refractivity contribution < 1.29 is 28.8 Å². The van der Waals surface area contributed by atoms with E-state index >= 15 is 0 Å². The molecule has 122 valence electrons. The topological polar surface area (TPSA) is 99.3 Å². The van der Waals surface area contributed by atoms with Crippen LogP contribution in [0.1, 0.15) is 20.7 Å². The third kappa shape index (κ3) is 3.49. The maximum Gasteiger partial charge on any atom is 0.217 e. The molecule has 0 spiro atoms. The molecule has 2 N–H and O–H groups in total. The fourth-order valence-electron chi connectivity index (χ4n) is 1.88. The predicted octanol–water partition coefficient (Wildman–Crippen LogP) is 2.69. The van der Waals surface area contributed by atoms with Gasteiger partial charge in [0, 0.05) is 11.1 Å². The summed E-state index contributed by atoms with van der Waals surface area (Å²) in [6.45, 7) is 0. The number of rotatable bonds is 5. The second-order valence-electron chi connectivity index (χ2n) is 4.57. The molecular weight excluding hydrogens is 322 g/mol. The zero-order valence-electron chi connectivity index (χ0n) is 12.0. The quantitative estimate of drug-likeness (QED) is 0.380. The Morgan fingerprint density at radius 1 is 0.667 bits per heavy atom. The van der Waals surface area contributed by atoms with E-state index in [0.717, 1.165) is 48.5 Å². The van der Waals surface area contributed by atoms with Crippen LogP contribution in [0.4, 0.5) is 8.78 Å². The Labute approximate surface area is 134 Å². The highest BCUT2D eigenvalue weighted by Gasteiger charge is 2.28. The molecule has 0 amide bonds. The van der Waals surface area contributed by atoms with Crippen LogP contribution in [0.2, 0.25) is 0 Å². The Morgan fingerprint density at radius 3 is 1.21 bits per heavy atom. The Morgan fingerprint density at radius 2 is 0.958 bits per heavy atom. The maximum atomic E-state index is 12.9. The number of ketones is 2. The van der Waals surface area contributed by atoms with E-state index in [9.17, 15) is 18.4 Å². The van der Waals surface area contributed by atoms with Crippen molar-refractivity contribution in [3.63, 3.8) is 0 Å². The number of nitrogens with zero attached hydrogens (tertiary/aromatic N) is 2. The number of oxime groups is 2. The first-order valence-corrected chi connectivity index (χ1v) is 6.53. The second kappa shape index (κ2) is 7.23. The molecule has 0 bridgehead atoms. The average Bonchev–Trinajstić information content (AvgIpc) is 2.59. The summed E-state index contributed by atoms with van der Waals surface area (Å²) in [6.07, 6.45) is 0. The molecule has 0 aromatic heterocycles. The van der Waals surface area contributed by atoms with Crippen molar-refractivity contribution >= 4 is 23.0 Å². The largest absolute Gasteiger partial charge is 0.410 e. The van der Waals surface area contributed by atoms with E-state index in [0.29, 0.717) is 0 Å². The molecule has 0 heterocycles. The summed E-state index contributed by atoms with van der Waals surface area (Å²) >= 11 is 0. The fraction of sp³-hybridized carbons (Fsp3) is 0. The smallest absolute Gasteiger partial charge is 0.217 e. The van der Waals surface area contributed by atoms with Gasteiger partial charge in [-0.25, -0.2) is 8.78 Å². The molecule has 0 atom stereocenters. The van der Waals surface area contributed by atoms with Gasteiger partial charge in [0.2, 0.25) is 11.6 Å². The lowest BCUT2D eigenvalue weighted by molar-refractivity contribution is 0.104. The Hall–Kier alpha value is -3.42. The number of halogens is 2. The lowest BCUT2D eigenvalue weighted by Gasteiger charge is -2.06. The summed E-state index contributed by atoms with van der Waals surface area (Å²) in [5.41, 5.74) is -1.84. The molecule has 0 aliphatic rings. The minimum Gasteiger partial charge on any atom is -0.410 e. The van der Waals surface area contributed by atoms with Crippen molar-refractivity contribution in [3.05, 3.63) is 71.3 Å². The van der Waals surface area contributed by atoms with E-state index in [2.05, 4.69) is 10.3 Å². The van der Waals surface area contributed by atoms with E-state index in [1.807, 2.05) is 0 Å². The monoisotopic (exact) mass is 332 g/mol. The summed E-state index contributed by atoms with van der Waals surface area (Å²) in [7, 11) is 0. The van der Waals surface area contributed by atoms with Gasteiger partial charge in [-0.1, -0.05) is 10.3 Å². The van der Waals surface area contributed by atoms with E-state index < -0.39 is 34.6 Å². The molecule has 0 unspecified atom stereocenters. The predicted molar refractivity (Wildman–Crippen MR) is 79.9 cm³/mol. The number of hydrogen-bond donors (Lipinski definition) is 2. The summed E-state index contributed by atoms with van der Waals surface area (Å²) in [6, 6.07) is 8.44. The van der Waals surface area contributed by atoms with Gasteiger partial charge in [0.1, 0.15) is 11.6 Å². The van der Waals surface area contributed by atoms with Crippen molar-refractivity contribution in [1.29, 1.82) is 0 Å². The van der Waals surface area contributed by atoms with Gasteiger partial charge in [0.15, 0.2) is 11.4 Å². The van der Waals surface area contributed by atoms with Crippen molar-refractivity contribution in [3.8, 4) is 0 Å². The van der Waals surface area contributed by atoms with E-state index in [-0.39, 0.29) is 11.1 Å². The zero-order valence-corrected chi connectivity index (χ0v) is 12.0. The van der Waals surface area contributed by atoms with Crippen molar-refractivity contribution in [1.82, 2.24) is 0 Å². The second-order valence-corrected chi connectivity index (χ2v) is 4.57. The molecule has 0 radical (unpaired) electrons. The third-order valence-electron chi connectivity index (χ3n) is 3.07. The van der Waals surface area contributed by atoms with E-state index in [1.54, 1.807) is 0 Å². The lowest BCUT2D eigenvalue weighted by Crippen LogP contribution is -2.31. The first kappa shape index (κ1) is 16.9. The van der Waals surface area contributed by atoms with Gasteiger partial charge in [0.05, 0.1) is 0 Å². The zero-order chi connectivity index (χ0) is 17.7. The molecule has 6 nitrogen and oxygen atoms in total. The minimum absolute atomic E-state index is 0.0859. The van der Waals surface area contributed by atoms with Crippen LogP contribution in [0.15, 0.2) is 58.8 Å². The van der Waals surface area contributed by atoms with Gasteiger partial charge in [-0.2, -0.15) is 0 Å². The van der Waals surface area contributed by atoms with Crippen molar-refractivity contribution in [2.45, 2.75) is 0 Å². The summed E-state index contributed by atoms with van der Waals surface area (Å²) < 4.78 is 25.8. The molecule has 24 heavy (non-hydrogen) atoms. The van der Waals surface area contributed by atoms with Crippen molar-refractivity contribution in [2.75, 3.05) is 0 Å². The van der Waals surface area contributed by atoms with Crippen LogP contribution in [0.3, 0.4) is 0 Å². The van der Waals surface area contributed by atoms with Gasteiger partial charge >= 0.3 is 0 Å². The van der Waals surface area contributed by atoms with Crippen LogP contribution in [0.5, 0.6) is 0 Å². The summed E-state index contributed by atoms with van der Waals surface area (Å²) in [5, 5.41) is 23.5.